The van der Waals surface area contributed by atoms with Gasteiger partial charge in [0, 0.05) is 0 Å². The van der Waals surface area contributed by atoms with Crippen LogP contribution in [0.4, 0.5) is 0 Å². The number of hydrogen-bond donors (Lipinski definition) is 2. The number of para-hydroxylation sites is 1. The Kier molecular flexibility index (Phi) is 4.08. The number of benzene rings is 2. The molecule has 0 spiro atoms. The van der Waals surface area contributed by atoms with Crippen LogP contribution in [0.3, 0.4) is 0 Å². The van der Waals surface area contributed by atoms with E-state index in [1.807, 2.05) is 31.2 Å². The molecular weight excluding hydrogens is 248 g/mol. The van der Waals surface area contributed by atoms with Gasteiger partial charge in [0.1, 0.15) is 17.3 Å². The van der Waals surface area contributed by atoms with Gasteiger partial charge in [-0.25, -0.2) is 0 Å². The van der Waals surface area contributed by atoms with Gasteiger partial charge in [0.15, 0.2) is 0 Å². The van der Waals surface area contributed by atoms with Gasteiger partial charge in [-0.3, -0.25) is 5.41 Å². The zero-order chi connectivity index (χ0) is 14.7. The summed E-state index contributed by atoms with van der Waals surface area (Å²) in [5.41, 5.74) is 8.50. The number of aryl methyl sites for hydroxylation is 1. The van der Waals surface area contributed by atoms with Gasteiger partial charge in [0.2, 0.25) is 0 Å². The first-order valence-corrected chi connectivity index (χ1v) is 6.71. The van der Waals surface area contributed by atoms with E-state index in [1.165, 1.54) is 0 Å². The first-order valence-electron chi connectivity index (χ1n) is 6.71. The molecule has 104 valence electrons. The lowest BCUT2D eigenvalue weighted by molar-refractivity contribution is 0.471. The number of nitrogens with two attached hydrogens (primary N) is 1. The van der Waals surface area contributed by atoms with Gasteiger partial charge in [-0.2, -0.15) is 0 Å². The molecule has 20 heavy (non-hydrogen) atoms. The topological polar surface area (TPSA) is 59.1 Å². The molecule has 0 unspecified atom stereocenters. The normalized spacial score (nSPS) is 10.6. The summed E-state index contributed by atoms with van der Waals surface area (Å²) in [6.07, 6.45) is 0. The summed E-state index contributed by atoms with van der Waals surface area (Å²) < 4.78 is 6.02. The minimum absolute atomic E-state index is 0.0133. The van der Waals surface area contributed by atoms with Gasteiger partial charge in [-0.15, -0.1) is 0 Å². The van der Waals surface area contributed by atoms with Crippen molar-refractivity contribution < 1.29 is 4.74 Å². The molecule has 3 heteroatoms. The van der Waals surface area contributed by atoms with Crippen molar-refractivity contribution in [3.05, 3.63) is 59.2 Å². The highest BCUT2D eigenvalue weighted by atomic mass is 16.5. The quantitative estimate of drug-likeness (QED) is 0.645. The molecule has 3 nitrogen and oxygen atoms in total. The molecule has 2 rings (SSSR count). The SMILES string of the molecule is Cc1ccc(C(C)C)c(Oc2ccccc2C(=N)N)c1. The first-order chi connectivity index (χ1) is 9.49. The van der Waals surface area contributed by atoms with Crippen LogP contribution in [-0.2, 0) is 0 Å². The molecule has 0 aliphatic heterocycles. The lowest BCUT2D eigenvalue weighted by Crippen LogP contribution is -2.12. The molecule has 0 atom stereocenters. The fourth-order valence-corrected chi connectivity index (χ4v) is 2.10. The number of hydrogen-bond acceptors (Lipinski definition) is 2. The van der Waals surface area contributed by atoms with E-state index in [-0.39, 0.29) is 5.84 Å². The standard InChI is InChI=1S/C17H20N2O/c1-11(2)13-9-8-12(3)10-16(13)20-15-7-5-4-6-14(15)17(18)19/h4-11H,1-3H3,(H3,18,19). The summed E-state index contributed by atoms with van der Waals surface area (Å²) in [5.74, 6) is 1.83. The van der Waals surface area contributed by atoms with Gasteiger partial charge in [-0.05, 0) is 42.2 Å². The minimum Gasteiger partial charge on any atom is -0.456 e. The number of nitrogens with one attached hydrogen (secondary N) is 1. The molecule has 0 amide bonds. The molecule has 0 aliphatic carbocycles. The van der Waals surface area contributed by atoms with Crippen LogP contribution in [-0.4, -0.2) is 5.84 Å². The molecule has 0 fully saturated rings. The second kappa shape index (κ2) is 5.78. The van der Waals surface area contributed by atoms with Crippen molar-refractivity contribution in [3.8, 4) is 11.5 Å². The van der Waals surface area contributed by atoms with E-state index in [0.29, 0.717) is 17.2 Å². The van der Waals surface area contributed by atoms with Crippen LogP contribution in [0.5, 0.6) is 11.5 Å². The van der Waals surface area contributed by atoms with E-state index in [4.69, 9.17) is 15.9 Å². The van der Waals surface area contributed by atoms with Crippen molar-refractivity contribution in [2.45, 2.75) is 26.7 Å². The third-order valence-electron chi connectivity index (χ3n) is 3.19. The minimum atomic E-state index is 0.0133. The van der Waals surface area contributed by atoms with Crippen LogP contribution < -0.4 is 10.5 Å². The Labute approximate surface area is 119 Å². The lowest BCUT2D eigenvalue weighted by Gasteiger charge is -2.16. The van der Waals surface area contributed by atoms with E-state index in [9.17, 15) is 0 Å². The zero-order valence-electron chi connectivity index (χ0n) is 12.1. The highest BCUT2D eigenvalue weighted by Gasteiger charge is 2.12. The highest BCUT2D eigenvalue weighted by molar-refractivity contribution is 5.97. The largest absolute Gasteiger partial charge is 0.456 e. The van der Waals surface area contributed by atoms with Crippen LogP contribution >= 0.6 is 0 Å². The maximum atomic E-state index is 7.62. The van der Waals surface area contributed by atoms with Crippen molar-refractivity contribution in [2.24, 2.45) is 5.73 Å². The Morgan fingerprint density at radius 2 is 1.80 bits per heavy atom. The molecule has 3 N–H and O–H groups in total. The smallest absolute Gasteiger partial charge is 0.138 e. The maximum Gasteiger partial charge on any atom is 0.138 e. The number of nitrogen functional groups attached to an aromatic ring is 1. The van der Waals surface area contributed by atoms with E-state index >= 15 is 0 Å². The van der Waals surface area contributed by atoms with Crippen LogP contribution in [0, 0.1) is 12.3 Å². The van der Waals surface area contributed by atoms with Gasteiger partial charge in [0.25, 0.3) is 0 Å². The fraction of sp³-hybridized carbons (Fsp3) is 0.235. The lowest BCUT2D eigenvalue weighted by atomic mass is 10.0. The first kappa shape index (κ1) is 14.1. The Balaban J connectivity index is 2.45. The van der Waals surface area contributed by atoms with Crippen LogP contribution in [0.1, 0.15) is 36.5 Å². The molecule has 0 aromatic heterocycles. The summed E-state index contributed by atoms with van der Waals surface area (Å²) in [5, 5.41) is 7.62. The Morgan fingerprint density at radius 1 is 1.10 bits per heavy atom. The van der Waals surface area contributed by atoms with Crippen LogP contribution in [0.2, 0.25) is 0 Å². The Bertz CT molecular complexity index is 633. The Morgan fingerprint density at radius 3 is 2.45 bits per heavy atom. The summed E-state index contributed by atoms with van der Waals surface area (Å²) in [6, 6.07) is 13.6. The predicted molar refractivity (Wildman–Crippen MR) is 82.8 cm³/mol. The monoisotopic (exact) mass is 268 g/mol. The second-order valence-corrected chi connectivity index (χ2v) is 5.21. The summed E-state index contributed by atoms with van der Waals surface area (Å²) in [4.78, 5) is 0. The van der Waals surface area contributed by atoms with E-state index in [0.717, 1.165) is 16.9 Å². The van der Waals surface area contributed by atoms with Crippen molar-refractivity contribution in [2.75, 3.05) is 0 Å². The van der Waals surface area contributed by atoms with Crippen molar-refractivity contribution in [3.63, 3.8) is 0 Å². The van der Waals surface area contributed by atoms with Crippen molar-refractivity contribution in [1.82, 2.24) is 0 Å². The third-order valence-corrected chi connectivity index (χ3v) is 3.19. The molecule has 0 saturated heterocycles. The zero-order valence-corrected chi connectivity index (χ0v) is 12.1. The number of rotatable bonds is 4. The van der Waals surface area contributed by atoms with Gasteiger partial charge >= 0.3 is 0 Å². The summed E-state index contributed by atoms with van der Waals surface area (Å²) >= 11 is 0. The Hall–Kier alpha value is -2.29. The average Bonchev–Trinajstić information content (AvgIpc) is 2.38. The molecule has 2 aromatic rings. The molecule has 0 heterocycles. The van der Waals surface area contributed by atoms with Gasteiger partial charge < -0.3 is 10.5 Å². The molecule has 2 aromatic carbocycles. The van der Waals surface area contributed by atoms with Crippen molar-refractivity contribution in [1.29, 1.82) is 5.41 Å². The number of ether oxygens (including phenoxy) is 1. The summed E-state index contributed by atoms with van der Waals surface area (Å²) in [6.45, 7) is 6.30. The highest BCUT2D eigenvalue weighted by Crippen LogP contribution is 2.32. The van der Waals surface area contributed by atoms with Crippen LogP contribution in [0.25, 0.3) is 0 Å². The molecule has 0 radical (unpaired) electrons. The van der Waals surface area contributed by atoms with Gasteiger partial charge in [0.05, 0.1) is 5.56 Å². The fourth-order valence-electron chi connectivity index (χ4n) is 2.10. The van der Waals surface area contributed by atoms with E-state index in [2.05, 4.69) is 26.0 Å². The average molecular weight is 268 g/mol. The van der Waals surface area contributed by atoms with E-state index in [1.54, 1.807) is 6.07 Å². The van der Waals surface area contributed by atoms with Crippen molar-refractivity contribution >= 4 is 5.84 Å². The molecule has 0 aliphatic rings. The summed E-state index contributed by atoms with van der Waals surface area (Å²) in [7, 11) is 0. The molecule has 0 saturated carbocycles. The predicted octanol–water partition coefficient (Wildman–Crippen LogP) is 4.19. The second-order valence-electron chi connectivity index (χ2n) is 5.21. The maximum absolute atomic E-state index is 7.62. The number of amidine groups is 1. The van der Waals surface area contributed by atoms with E-state index < -0.39 is 0 Å². The van der Waals surface area contributed by atoms with Crippen LogP contribution in [0.15, 0.2) is 42.5 Å². The third kappa shape index (κ3) is 2.99. The molecule has 0 bridgehead atoms. The van der Waals surface area contributed by atoms with Gasteiger partial charge in [-0.1, -0.05) is 38.1 Å². The molecular formula is C17H20N2O.